The average molecular weight is 345 g/mol. The van der Waals surface area contributed by atoms with Crippen molar-refractivity contribution < 1.29 is 4.74 Å². The molecule has 2 aromatic carbocycles. The van der Waals surface area contributed by atoms with Crippen molar-refractivity contribution in [2.75, 3.05) is 13.7 Å². The third-order valence-electron chi connectivity index (χ3n) is 3.03. The van der Waals surface area contributed by atoms with Gasteiger partial charge in [0.1, 0.15) is 5.75 Å². The van der Waals surface area contributed by atoms with Gasteiger partial charge in [-0.2, -0.15) is 0 Å². The lowest BCUT2D eigenvalue weighted by molar-refractivity contribution is 0.340. The molecule has 0 fully saturated rings. The molecule has 2 aromatic rings. The Morgan fingerprint density at radius 3 is 2.29 bits per heavy atom. The van der Waals surface area contributed by atoms with E-state index in [1.807, 2.05) is 32.2 Å². The topological polar surface area (TPSA) is 21.3 Å². The number of hydrogen-bond donors (Lipinski definition) is 1. The van der Waals surface area contributed by atoms with Crippen molar-refractivity contribution in [3.63, 3.8) is 0 Å². The van der Waals surface area contributed by atoms with Gasteiger partial charge in [-0.3, -0.25) is 0 Å². The van der Waals surface area contributed by atoms with E-state index in [1.54, 1.807) is 12.1 Å². The van der Waals surface area contributed by atoms with Crippen LogP contribution in [-0.4, -0.2) is 13.7 Å². The molecule has 0 heterocycles. The molecule has 0 aliphatic carbocycles. The Morgan fingerprint density at radius 2 is 1.67 bits per heavy atom. The van der Waals surface area contributed by atoms with E-state index in [9.17, 15) is 0 Å². The van der Waals surface area contributed by atoms with Gasteiger partial charge in [0.2, 0.25) is 0 Å². The summed E-state index contributed by atoms with van der Waals surface area (Å²) in [7, 11) is 1.89. The third-order valence-corrected chi connectivity index (χ3v) is 3.95. The Hall–Kier alpha value is -0.930. The van der Waals surface area contributed by atoms with Crippen LogP contribution in [0.4, 0.5) is 0 Å². The van der Waals surface area contributed by atoms with Crippen molar-refractivity contribution in [3.8, 4) is 16.9 Å². The molecule has 1 N–H and O–H groups in total. The summed E-state index contributed by atoms with van der Waals surface area (Å²) in [5.74, 6) is 0.579. The van der Waals surface area contributed by atoms with Crippen molar-refractivity contribution in [2.24, 2.45) is 0 Å². The molecule has 0 amide bonds. The molecule has 0 saturated heterocycles. The largest absolute Gasteiger partial charge is 0.492 e. The number of nitrogens with one attached hydrogen (secondary N) is 1. The molecule has 2 rings (SSSR count). The van der Waals surface area contributed by atoms with Crippen molar-refractivity contribution in [1.82, 2.24) is 5.32 Å². The van der Waals surface area contributed by atoms with Gasteiger partial charge in [-0.15, -0.1) is 0 Å². The summed E-state index contributed by atoms with van der Waals surface area (Å²) in [6, 6.07) is 9.40. The van der Waals surface area contributed by atoms with Crippen LogP contribution < -0.4 is 10.1 Å². The highest BCUT2D eigenvalue weighted by molar-refractivity contribution is 6.38. The summed E-state index contributed by atoms with van der Waals surface area (Å²) in [5.41, 5.74) is 2.76. The summed E-state index contributed by atoms with van der Waals surface area (Å²) in [5, 5.41) is 4.81. The SMILES string of the molecule is CCOc1cc(Cl)c(-c2ccc(CNC)cc2Cl)cc1Cl. The number of hydrogen-bond acceptors (Lipinski definition) is 2. The molecular formula is C16H16Cl3NO. The molecule has 0 radical (unpaired) electrons. The van der Waals surface area contributed by atoms with Gasteiger partial charge in [0, 0.05) is 28.8 Å². The van der Waals surface area contributed by atoms with Crippen molar-refractivity contribution in [1.29, 1.82) is 0 Å². The van der Waals surface area contributed by atoms with Crippen LogP contribution in [0.15, 0.2) is 30.3 Å². The Bertz CT molecular complexity index is 644. The average Bonchev–Trinajstić information content (AvgIpc) is 2.44. The van der Waals surface area contributed by atoms with E-state index < -0.39 is 0 Å². The smallest absolute Gasteiger partial charge is 0.139 e. The maximum atomic E-state index is 6.36. The maximum Gasteiger partial charge on any atom is 0.139 e. The first-order valence-corrected chi connectivity index (χ1v) is 7.75. The summed E-state index contributed by atoms with van der Waals surface area (Å²) in [4.78, 5) is 0. The van der Waals surface area contributed by atoms with Gasteiger partial charge in [-0.25, -0.2) is 0 Å². The second-order valence-corrected chi connectivity index (χ2v) is 5.76. The van der Waals surface area contributed by atoms with Gasteiger partial charge in [-0.05, 0) is 31.7 Å². The normalized spacial score (nSPS) is 10.7. The molecule has 0 saturated carbocycles. The van der Waals surface area contributed by atoms with Crippen LogP contribution in [-0.2, 0) is 6.54 Å². The third kappa shape index (κ3) is 3.83. The highest BCUT2D eigenvalue weighted by atomic mass is 35.5. The molecule has 0 unspecified atom stereocenters. The molecule has 112 valence electrons. The lowest BCUT2D eigenvalue weighted by atomic mass is 10.0. The summed E-state index contributed by atoms with van der Waals surface area (Å²) < 4.78 is 5.43. The monoisotopic (exact) mass is 343 g/mol. The Morgan fingerprint density at radius 1 is 0.952 bits per heavy atom. The van der Waals surface area contributed by atoms with Gasteiger partial charge in [0.15, 0.2) is 0 Å². The lowest BCUT2D eigenvalue weighted by Gasteiger charge is -2.12. The molecule has 2 nitrogen and oxygen atoms in total. The molecule has 0 aromatic heterocycles. The van der Waals surface area contributed by atoms with Crippen LogP contribution in [0.1, 0.15) is 12.5 Å². The minimum Gasteiger partial charge on any atom is -0.492 e. The van der Waals surface area contributed by atoms with E-state index in [2.05, 4.69) is 5.32 Å². The molecule has 5 heteroatoms. The zero-order valence-electron chi connectivity index (χ0n) is 11.8. The van der Waals surface area contributed by atoms with Crippen LogP contribution in [0, 0.1) is 0 Å². The summed E-state index contributed by atoms with van der Waals surface area (Å²) >= 11 is 18.9. The number of ether oxygens (including phenoxy) is 1. The van der Waals surface area contributed by atoms with Gasteiger partial charge >= 0.3 is 0 Å². The van der Waals surface area contributed by atoms with Crippen molar-refractivity contribution >= 4 is 34.8 Å². The molecule has 21 heavy (non-hydrogen) atoms. The van der Waals surface area contributed by atoms with Gasteiger partial charge in [-0.1, -0.05) is 46.9 Å². The fourth-order valence-corrected chi connectivity index (χ4v) is 2.87. The zero-order chi connectivity index (χ0) is 15.4. The number of benzene rings is 2. The first-order valence-electron chi connectivity index (χ1n) is 6.62. The van der Waals surface area contributed by atoms with E-state index in [1.165, 1.54) is 0 Å². The maximum absolute atomic E-state index is 6.36. The Kier molecular flexibility index (Phi) is 5.77. The zero-order valence-corrected chi connectivity index (χ0v) is 14.1. The van der Waals surface area contributed by atoms with Crippen LogP contribution in [0.5, 0.6) is 5.75 Å². The highest BCUT2D eigenvalue weighted by Gasteiger charge is 2.13. The predicted molar refractivity (Wildman–Crippen MR) is 90.8 cm³/mol. The van der Waals surface area contributed by atoms with E-state index in [0.29, 0.717) is 27.4 Å². The fourth-order valence-electron chi connectivity index (χ4n) is 2.09. The van der Waals surface area contributed by atoms with Crippen LogP contribution in [0.25, 0.3) is 11.1 Å². The molecule has 0 atom stereocenters. The molecule has 0 spiro atoms. The standard InChI is InChI=1S/C16H16Cl3NO/c1-3-21-16-8-14(18)12(7-15(16)19)11-5-4-10(9-20-2)6-13(11)17/h4-8,20H,3,9H2,1-2H3. The lowest BCUT2D eigenvalue weighted by Crippen LogP contribution is -2.04. The molecular weight excluding hydrogens is 329 g/mol. The number of rotatable bonds is 5. The number of halogens is 3. The van der Waals surface area contributed by atoms with Crippen LogP contribution >= 0.6 is 34.8 Å². The van der Waals surface area contributed by atoms with E-state index in [4.69, 9.17) is 39.5 Å². The second-order valence-electron chi connectivity index (χ2n) is 4.54. The predicted octanol–water partition coefficient (Wildman–Crippen LogP) is 5.43. The second kappa shape index (κ2) is 7.37. The minimum atomic E-state index is 0.520. The quantitative estimate of drug-likeness (QED) is 0.780. The first-order chi connectivity index (χ1) is 10.1. The van der Waals surface area contributed by atoms with Gasteiger partial charge in [0.25, 0.3) is 0 Å². The Balaban J connectivity index is 2.44. The Labute approximate surface area is 140 Å². The fraction of sp³-hybridized carbons (Fsp3) is 0.250. The highest BCUT2D eigenvalue weighted by Crippen LogP contribution is 2.39. The summed E-state index contributed by atoms with van der Waals surface area (Å²) in [6.07, 6.45) is 0. The molecule has 0 bridgehead atoms. The summed E-state index contributed by atoms with van der Waals surface area (Å²) in [6.45, 7) is 3.20. The molecule has 0 aliphatic rings. The van der Waals surface area contributed by atoms with E-state index in [0.717, 1.165) is 23.2 Å². The van der Waals surface area contributed by atoms with Gasteiger partial charge in [0.05, 0.1) is 16.7 Å². The van der Waals surface area contributed by atoms with Crippen molar-refractivity contribution in [3.05, 3.63) is 51.0 Å². The van der Waals surface area contributed by atoms with Gasteiger partial charge < -0.3 is 10.1 Å². The van der Waals surface area contributed by atoms with Crippen LogP contribution in [0.3, 0.4) is 0 Å². The van der Waals surface area contributed by atoms with Crippen LogP contribution in [0.2, 0.25) is 15.1 Å². The van der Waals surface area contributed by atoms with E-state index >= 15 is 0 Å². The van der Waals surface area contributed by atoms with Crippen molar-refractivity contribution in [2.45, 2.75) is 13.5 Å². The first kappa shape index (κ1) is 16.4. The van der Waals surface area contributed by atoms with E-state index in [-0.39, 0.29) is 0 Å². The molecule has 0 aliphatic heterocycles. The minimum absolute atomic E-state index is 0.520.